The Hall–Kier alpha value is -3.87. The third kappa shape index (κ3) is 20.6. The minimum absolute atomic E-state index is 0.00103. The lowest BCUT2D eigenvalue weighted by Crippen LogP contribution is -2.32. The minimum Gasteiger partial charge on any atom is -0.491 e. The van der Waals surface area contributed by atoms with Crippen molar-refractivity contribution in [1.29, 1.82) is 0 Å². The van der Waals surface area contributed by atoms with Crippen LogP contribution in [0.25, 0.3) is 0 Å². The van der Waals surface area contributed by atoms with Gasteiger partial charge in [-0.3, -0.25) is 9.80 Å². The van der Waals surface area contributed by atoms with Gasteiger partial charge in [-0.05, 0) is 72.9 Å². The number of aliphatic hydroxyl groups excluding tert-OH is 1. The Bertz CT molecular complexity index is 1580. The van der Waals surface area contributed by atoms with Gasteiger partial charge in [-0.1, -0.05) is 12.1 Å². The number of rotatable bonds is 32. The quantitative estimate of drug-likeness (QED) is 0.0464. The maximum absolute atomic E-state index is 11.4. The molecule has 3 rings (SSSR count). The van der Waals surface area contributed by atoms with Gasteiger partial charge < -0.3 is 39.0 Å². The van der Waals surface area contributed by atoms with Crippen LogP contribution in [0.4, 0.5) is 5.69 Å². The number of thiocarbonyl (C=S) groups is 1. The molecule has 0 atom stereocenters. The minimum atomic E-state index is -1.09. The van der Waals surface area contributed by atoms with Crippen LogP contribution in [0.1, 0.15) is 38.8 Å². The molecule has 0 saturated carbocycles. The summed E-state index contributed by atoms with van der Waals surface area (Å²) in [6, 6.07) is 17.1. The first-order valence-corrected chi connectivity index (χ1v) is 19.6. The summed E-state index contributed by atoms with van der Waals surface area (Å²) in [5, 5.41) is 30.3. The molecule has 0 spiro atoms. The lowest BCUT2D eigenvalue weighted by atomic mass is 10.3. The van der Waals surface area contributed by atoms with Crippen molar-refractivity contribution >= 4 is 46.8 Å². The number of benzene rings is 1. The van der Waals surface area contributed by atoms with Crippen LogP contribution in [-0.2, 0) is 32.0 Å². The Morgan fingerprint density at radius 3 is 1.75 bits per heavy atom. The molecule has 0 aliphatic rings. The van der Waals surface area contributed by atoms with E-state index in [9.17, 15) is 24.9 Å². The molecule has 0 fully saturated rings. The van der Waals surface area contributed by atoms with Crippen LogP contribution < -0.4 is 4.74 Å². The summed E-state index contributed by atoms with van der Waals surface area (Å²) in [7, 11) is 0. The maximum atomic E-state index is 11.4. The molecule has 0 radical (unpaired) electrons. The Kier molecular flexibility index (Phi) is 23.6. The number of carboxylic acids is 2. The average Bonchev–Trinajstić information content (AvgIpc) is 3.18. The van der Waals surface area contributed by atoms with Gasteiger partial charge in [0.05, 0.1) is 75.1 Å². The number of aromatic carboxylic acids is 2. The Balaban J connectivity index is 1.26. The van der Waals surface area contributed by atoms with Crippen molar-refractivity contribution in [3.63, 3.8) is 0 Å². The number of carboxylic acid groups (broad SMARTS) is 2. The van der Waals surface area contributed by atoms with Crippen molar-refractivity contribution in [2.24, 2.45) is 4.99 Å². The molecule has 0 aliphatic carbocycles. The zero-order valence-corrected chi connectivity index (χ0v) is 32.6. The molecule has 0 amide bonds. The molecule has 300 valence electrons. The lowest BCUT2D eigenvalue weighted by molar-refractivity contribution is 0.0244. The van der Waals surface area contributed by atoms with Crippen molar-refractivity contribution in [3.05, 3.63) is 83.4 Å². The first kappa shape index (κ1) is 45.5. The van der Waals surface area contributed by atoms with Crippen LogP contribution in [-0.4, -0.2) is 156 Å². The molecule has 0 aliphatic heterocycles. The Morgan fingerprint density at radius 2 is 1.20 bits per heavy atom. The maximum Gasteiger partial charge on any atom is 0.354 e. The monoisotopic (exact) mass is 801 g/mol. The number of hydrogen-bond donors (Lipinski definition) is 3. The van der Waals surface area contributed by atoms with Gasteiger partial charge in [-0.25, -0.2) is 19.6 Å². The summed E-state index contributed by atoms with van der Waals surface area (Å²) in [4.78, 5) is 39.0. The smallest absolute Gasteiger partial charge is 0.354 e. The summed E-state index contributed by atoms with van der Waals surface area (Å²) in [5.41, 5.74) is 1.97. The van der Waals surface area contributed by atoms with Crippen molar-refractivity contribution < 1.29 is 48.6 Å². The van der Waals surface area contributed by atoms with Crippen LogP contribution in [0.15, 0.2) is 65.7 Å². The fourth-order valence-electron chi connectivity index (χ4n) is 4.99. The van der Waals surface area contributed by atoms with Gasteiger partial charge in [0.1, 0.15) is 23.7 Å². The fourth-order valence-corrected chi connectivity index (χ4v) is 5.86. The summed E-state index contributed by atoms with van der Waals surface area (Å²) in [6.45, 7) is 7.31. The molecule has 0 bridgehead atoms. The molecule has 0 saturated heterocycles. The van der Waals surface area contributed by atoms with Gasteiger partial charge in [-0.2, -0.15) is 16.8 Å². The second-order valence-corrected chi connectivity index (χ2v) is 13.3. The van der Waals surface area contributed by atoms with E-state index in [1.54, 1.807) is 24.3 Å². The van der Waals surface area contributed by atoms with Crippen LogP contribution in [0.2, 0.25) is 0 Å². The van der Waals surface area contributed by atoms with E-state index in [0.29, 0.717) is 110 Å². The molecule has 17 heteroatoms. The molecule has 1 aromatic carbocycles. The molecule has 0 unspecified atom stereocenters. The van der Waals surface area contributed by atoms with Crippen molar-refractivity contribution in [2.75, 3.05) is 104 Å². The molecule has 2 heterocycles. The van der Waals surface area contributed by atoms with E-state index in [2.05, 4.69) is 37.2 Å². The summed E-state index contributed by atoms with van der Waals surface area (Å²) >= 11 is 6.42. The SMILES string of the molecule is O=C(O)c1cccc(CN(CCO)CCOCCOCCN(CCOCCCSCCOCCOc2ccc(N=C=S)cc2)Cc2cccc(C(=O)O)n2)n1. The largest absolute Gasteiger partial charge is 0.491 e. The highest BCUT2D eigenvalue weighted by Gasteiger charge is 2.12. The molecule has 3 N–H and O–H groups in total. The molecule has 2 aromatic heterocycles. The number of isothiocyanates is 1. The zero-order valence-electron chi connectivity index (χ0n) is 31.0. The Labute approximate surface area is 331 Å². The van der Waals surface area contributed by atoms with E-state index in [1.165, 1.54) is 12.1 Å². The molecular weight excluding hydrogens is 751 g/mol. The highest BCUT2D eigenvalue weighted by Crippen LogP contribution is 2.17. The van der Waals surface area contributed by atoms with Crippen molar-refractivity contribution in [3.8, 4) is 5.75 Å². The van der Waals surface area contributed by atoms with Crippen LogP contribution in [0, 0.1) is 0 Å². The lowest BCUT2D eigenvalue weighted by Gasteiger charge is -2.22. The van der Waals surface area contributed by atoms with Crippen molar-refractivity contribution in [2.45, 2.75) is 19.5 Å². The second-order valence-electron chi connectivity index (χ2n) is 11.9. The average molecular weight is 802 g/mol. The second kappa shape index (κ2) is 28.5. The topological polar surface area (TPSA) is 186 Å². The fraction of sp³-hybridized carbons (Fsp3) is 0.500. The number of thioether (sulfide) groups is 1. The Morgan fingerprint density at radius 1 is 0.673 bits per heavy atom. The predicted octanol–water partition coefficient (Wildman–Crippen LogP) is 4.17. The van der Waals surface area contributed by atoms with Gasteiger partial charge in [0.25, 0.3) is 0 Å². The van der Waals surface area contributed by atoms with E-state index in [0.717, 1.165) is 29.4 Å². The van der Waals surface area contributed by atoms with E-state index in [-0.39, 0.29) is 18.0 Å². The zero-order chi connectivity index (χ0) is 39.4. The summed E-state index contributed by atoms with van der Waals surface area (Å²) < 4.78 is 28.8. The van der Waals surface area contributed by atoms with E-state index in [4.69, 9.17) is 23.7 Å². The molecule has 3 aromatic rings. The number of hydrogen-bond acceptors (Lipinski definition) is 15. The van der Waals surface area contributed by atoms with Crippen LogP contribution >= 0.6 is 24.0 Å². The number of carbonyl (C=O) groups is 2. The van der Waals surface area contributed by atoms with Gasteiger partial charge in [-0.15, -0.1) is 0 Å². The van der Waals surface area contributed by atoms with Gasteiger partial charge >= 0.3 is 11.9 Å². The third-order valence-corrected chi connectivity index (χ3v) is 8.85. The highest BCUT2D eigenvalue weighted by molar-refractivity contribution is 7.99. The standard InChI is InChI=1S/C38H51N5O10S2/c44-16-12-42(28-32-4-1-6-35(40-32)37(45)46)13-19-50-21-22-51-20-15-43(29-33-5-2-7-36(41-33)38(47)48)14-18-49-17-3-26-55-27-25-52-23-24-53-34-10-8-31(9-11-34)39-30-54/h1-2,4-11,44H,3,12-29H2,(H,45,46)(H,47,48). The van der Waals surface area contributed by atoms with E-state index >= 15 is 0 Å². The van der Waals surface area contributed by atoms with Crippen molar-refractivity contribution in [1.82, 2.24) is 19.8 Å². The summed E-state index contributed by atoms with van der Waals surface area (Å²) in [5.74, 6) is 0.435. The molecular formula is C38H51N5O10S2. The summed E-state index contributed by atoms with van der Waals surface area (Å²) in [6.07, 6.45) is 0.912. The van der Waals surface area contributed by atoms with E-state index < -0.39 is 11.9 Å². The van der Waals surface area contributed by atoms with Gasteiger partial charge in [0.2, 0.25) is 0 Å². The normalized spacial score (nSPS) is 11.2. The third-order valence-electron chi connectivity index (χ3n) is 7.72. The highest BCUT2D eigenvalue weighted by atomic mass is 32.2. The number of nitrogens with zero attached hydrogens (tertiary/aromatic N) is 5. The molecule has 55 heavy (non-hydrogen) atoms. The number of pyridine rings is 2. The first-order valence-electron chi connectivity index (χ1n) is 18.0. The van der Waals surface area contributed by atoms with E-state index in [1.807, 2.05) is 40.9 Å². The molecule has 15 nitrogen and oxygen atoms in total. The number of aromatic nitrogens is 2. The van der Waals surface area contributed by atoms with Gasteiger partial charge in [0, 0.05) is 51.6 Å². The predicted molar refractivity (Wildman–Crippen MR) is 212 cm³/mol. The number of ether oxygens (including phenoxy) is 5. The van der Waals surface area contributed by atoms with Gasteiger partial charge in [0.15, 0.2) is 0 Å². The number of aliphatic imine (C=N–C) groups is 1. The van der Waals surface area contributed by atoms with Crippen LogP contribution in [0.3, 0.4) is 0 Å². The van der Waals surface area contributed by atoms with Crippen LogP contribution in [0.5, 0.6) is 5.75 Å². The first-order chi connectivity index (χ1) is 26.9. The number of aliphatic hydroxyl groups is 1.